The topological polar surface area (TPSA) is 80.5 Å². The predicted octanol–water partition coefficient (Wildman–Crippen LogP) is 2.00. The molecule has 0 spiro atoms. The summed E-state index contributed by atoms with van der Waals surface area (Å²) in [6.45, 7) is 4.48. The lowest BCUT2D eigenvalue weighted by molar-refractivity contribution is -0.127. The standard InChI is InChI=1S/C18H22N4O3/c1-12-7-15(21-25-12)10-22-6-4-13-8-16(24-17(13)11-22)18(23)20-14-3-2-5-19-9-14/h2-3,5,7,9,13,16-17H,4,6,8,10-11H2,1H3,(H,20,23)/t13-,16+,17+/m0/s1. The van der Waals surface area contributed by atoms with E-state index in [0.717, 1.165) is 43.9 Å². The minimum atomic E-state index is -0.385. The average Bonchev–Trinajstić information content (AvgIpc) is 3.21. The molecule has 2 aromatic heterocycles. The number of anilines is 1. The van der Waals surface area contributed by atoms with Crippen LogP contribution < -0.4 is 5.32 Å². The summed E-state index contributed by atoms with van der Waals surface area (Å²) in [6.07, 6.45) is 4.87. The zero-order valence-electron chi connectivity index (χ0n) is 14.2. The molecule has 1 N–H and O–H groups in total. The fraction of sp³-hybridized carbons (Fsp3) is 0.500. The third-order valence-corrected chi connectivity index (χ3v) is 4.92. The van der Waals surface area contributed by atoms with Crippen LogP contribution in [-0.2, 0) is 16.1 Å². The van der Waals surface area contributed by atoms with Gasteiger partial charge in [0.25, 0.3) is 5.91 Å². The largest absolute Gasteiger partial charge is 0.364 e. The van der Waals surface area contributed by atoms with Crippen LogP contribution in [0.3, 0.4) is 0 Å². The van der Waals surface area contributed by atoms with Gasteiger partial charge in [0.05, 0.1) is 23.7 Å². The van der Waals surface area contributed by atoms with Gasteiger partial charge in [-0.1, -0.05) is 5.16 Å². The van der Waals surface area contributed by atoms with Gasteiger partial charge in [-0.25, -0.2) is 0 Å². The van der Waals surface area contributed by atoms with E-state index in [1.807, 2.05) is 19.1 Å². The van der Waals surface area contributed by atoms with Crippen molar-refractivity contribution >= 4 is 11.6 Å². The molecule has 0 aliphatic carbocycles. The van der Waals surface area contributed by atoms with Gasteiger partial charge in [-0.15, -0.1) is 0 Å². The van der Waals surface area contributed by atoms with E-state index in [9.17, 15) is 4.79 Å². The van der Waals surface area contributed by atoms with Crippen molar-refractivity contribution in [2.24, 2.45) is 5.92 Å². The Morgan fingerprint density at radius 1 is 1.48 bits per heavy atom. The maximum atomic E-state index is 12.4. The lowest BCUT2D eigenvalue weighted by Gasteiger charge is -2.33. The first kappa shape index (κ1) is 16.2. The summed E-state index contributed by atoms with van der Waals surface area (Å²) >= 11 is 0. The van der Waals surface area contributed by atoms with Crippen LogP contribution in [0.4, 0.5) is 5.69 Å². The number of amides is 1. The van der Waals surface area contributed by atoms with Gasteiger partial charge < -0.3 is 14.6 Å². The summed E-state index contributed by atoms with van der Waals surface area (Å²) in [6, 6.07) is 5.59. The average molecular weight is 342 g/mol. The Labute approximate surface area is 146 Å². The number of carbonyl (C=O) groups is 1. The van der Waals surface area contributed by atoms with E-state index in [-0.39, 0.29) is 18.1 Å². The number of pyridine rings is 1. The second-order valence-corrected chi connectivity index (χ2v) is 6.84. The van der Waals surface area contributed by atoms with Crippen molar-refractivity contribution in [3.8, 4) is 0 Å². The maximum absolute atomic E-state index is 12.4. The SMILES string of the molecule is Cc1cc(CN2CC[C@H]3C[C@H](C(=O)Nc4cccnc4)O[C@@H]3C2)no1. The molecule has 4 rings (SSSR count). The summed E-state index contributed by atoms with van der Waals surface area (Å²) in [5.41, 5.74) is 1.65. The molecule has 0 saturated carbocycles. The van der Waals surface area contributed by atoms with Crippen LogP contribution in [0, 0.1) is 12.8 Å². The Balaban J connectivity index is 1.33. The number of piperidine rings is 1. The number of aromatic nitrogens is 2. The van der Waals surface area contributed by atoms with E-state index in [4.69, 9.17) is 9.26 Å². The zero-order chi connectivity index (χ0) is 17.2. The number of ether oxygens (including phenoxy) is 1. The molecule has 1 amide bonds. The van der Waals surface area contributed by atoms with Crippen molar-refractivity contribution in [3.63, 3.8) is 0 Å². The molecule has 0 radical (unpaired) electrons. The fourth-order valence-electron chi connectivity index (χ4n) is 3.69. The molecule has 0 unspecified atom stereocenters. The Hall–Kier alpha value is -2.25. The minimum Gasteiger partial charge on any atom is -0.364 e. The van der Waals surface area contributed by atoms with Gasteiger partial charge in [0.1, 0.15) is 11.9 Å². The summed E-state index contributed by atoms with van der Waals surface area (Å²) in [4.78, 5) is 18.8. The summed E-state index contributed by atoms with van der Waals surface area (Å²) in [5.74, 6) is 1.19. The number of nitrogens with zero attached hydrogens (tertiary/aromatic N) is 3. The zero-order valence-corrected chi connectivity index (χ0v) is 14.2. The van der Waals surface area contributed by atoms with Crippen molar-refractivity contribution in [3.05, 3.63) is 42.0 Å². The highest BCUT2D eigenvalue weighted by Crippen LogP contribution is 2.34. The van der Waals surface area contributed by atoms with Crippen LogP contribution in [0.15, 0.2) is 35.1 Å². The summed E-state index contributed by atoms with van der Waals surface area (Å²) in [5, 5.41) is 6.94. The molecular weight excluding hydrogens is 320 g/mol. The molecule has 0 bridgehead atoms. The maximum Gasteiger partial charge on any atom is 0.253 e. The number of likely N-dealkylation sites (tertiary alicyclic amines) is 1. The third kappa shape index (κ3) is 3.72. The quantitative estimate of drug-likeness (QED) is 0.915. The minimum absolute atomic E-state index is 0.0823. The van der Waals surface area contributed by atoms with E-state index in [1.165, 1.54) is 0 Å². The van der Waals surface area contributed by atoms with E-state index in [1.54, 1.807) is 18.5 Å². The molecule has 132 valence electrons. The van der Waals surface area contributed by atoms with Crippen LogP contribution in [0.5, 0.6) is 0 Å². The normalized spacial score (nSPS) is 26.4. The lowest BCUT2D eigenvalue weighted by atomic mass is 9.91. The van der Waals surface area contributed by atoms with Gasteiger partial charge in [0.15, 0.2) is 0 Å². The highest BCUT2D eigenvalue weighted by atomic mass is 16.5. The third-order valence-electron chi connectivity index (χ3n) is 4.92. The number of rotatable bonds is 4. The first-order chi connectivity index (χ1) is 12.2. The number of hydrogen-bond donors (Lipinski definition) is 1. The Bertz CT molecular complexity index is 733. The van der Waals surface area contributed by atoms with Crippen LogP contribution in [-0.4, -0.2) is 46.2 Å². The van der Waals surface area contributed by atoms with Crippen molar-refractivity contribution in [2.75, 3.05) is 18.4 Å². The van der Waals surface area contributed by atoms with Gasteiger partial charge in [0, 0.05) is 25.4 Å². The lowest BCUT2D eigenvalue weighted by Crippen LogP contribution is -2.42. The molecule has 2 fully saturated rings. The predicted molar refractivity (Wildman–Crippen MR) is 90.8 cm³/mol. The summed E-state index contributed by atoms with van der Waals surface area (Å²) < 4.78 is 11.2. The molecule has 7 nitrogen and oxygen atoms in total. The molecule has 4 heterocycles. The first-order valence-electron chi connectivity index (χ1n) is 8.68. The highest BCUT2D eigenvalue weighted by Gasteiger charge is 2.41. The Morgan fingerprint density at radius 3 is 3.16 bits per heavy atom. The van der Waals surface area contributed by atoms with Crippen molar-refractivity contribution in [1.82, 2.24) is 15.0 Å². The van der Waals surface area contributed by atoms with Gasteiger partial charge in [-0.05, 0) is 44.4 Å². The monoisotopic (exact) mass is 342 g/mol. The van der Waals surface area contributed by atoms with Gasteiger partial charge >= 0.3 is 0 Å². The molecule has 2 aromatic rings. The second kappa shape index (κ2) is 6.93. The van der Waals surface area contributed by atoms with E-state index in [2.05, 4.69) is 20.4 Å². The Morgan fingerprint density at radius 2 is 2.40 bits per heavy atom. The van der Waals surface area contributed by atoms with Gasteiger partial charge in [-0.3, -0.25) is 14.7 Å². The smallest absolute Gasteiger partial charge is 0.253 e. The van der Waals surface area contributed by atoms with Crippen molar-refractivity contribution in [1.29, 1.82) is 0 Å². The molecule has 0 aromatic carbocycles. The fourth-order valence-corrected chi connectivity index (χ4v) is 3.69. The van der Waals surface area contributed by atoms with Crippen molar-refractivity contribution < 1.29 is 14.1 Å². The van der Waals surface area contributed by atoms with E-state index in [0.29, 0.717) is 11.6 Å². The first-order valence-corrected chi connectivity index (χ1v) is 8.68. The number of aryl methyl sites for hydroxylation is 1. The van der Waals surface area contributed by atoms with Crippen molar-refractivity contribution in [2.45, 2.75) is 38.5 Å². The van der Waals surface area contributed by atoms with Crippen LogP contribution in [0.25, 0.3) is 0 Å². The second-order valence-electron chi connectivity index (χ2n) is 6.84. The molecule has 2 saturated heterocycles. The van der Waals surface area contributed by atoms with Crippen LogP contribution in [0.2, 0.25) is 0 Å². The van der Waals surface area contributed by atoms with Gasteiger partial charge in [-0.2, -0.15) is 0 Å². The molecule has 2 aliphatic rings. The number of hydrogen-bond acceptors (Lipinski definition) is 6. The molecule has 25 heavy (non-hydrogen) atoms. The molecule has 2 aliphatic heterocycles. The van der Waals surface area contributed by atoms with Crippen LogP contribution >= 0.6 is 0 Å². The van der Waals surface area contributed by atoms with E-state index >= 15 is 0 Å². The molecular formula is C18H22N4O3. The molecule has 7 heteroatoms. The molecule has 3 atom stereocenters. The number of fused-ring (bicyclic) bond motifs is 1. The number of nitrogens with one attached hydrogen (secondary N) is 1. The highest BCUT2D eigenvalue weighted by molar-refractivity contribution is 5.94. The number of carbonyl (C=O) groups excluding carboxylic acids is 1. The van der Waals surface area contributed by atoms with Gasteiger partial charge in [0.2, 0.25) is 0 Å². The Kier molecular flexibility index (Phi) is 4.50. The summed E-state index contributed by atoms with van der Waals surface area (Å²) in [7, 11) is 0. The van der Waals surface area contributed by atoms with E-state index < -0.39 is 0 Å². The van der Waals surface area contributed by atoms with Crippen LogP contribution in [0.1, 0.15) is 24.3 Å².